The van der Waals surface area contributed by atoms with Gasteiger partial charge in [-0.25, -0.2) is 0 Å². The van der Waals surface area contributed by atoms with E-state index in [1.54, 1.807) is 0 Å². The number of aryl methyl sites for hydroxylation is 1. The van der Waals surface area contributed by atoms with Crippen LogP contribution in [-0.4, -0.2) is 41.9 Å². The maximum absolute atomic E-state index is 12.9. The molecule has 0 N–H and O–H groups in total. The van der Waals surface area contributed by atoms with Crippen molar-refractivity contribution in [2.45, 2.75) is 19.9 Å². The van der Waals surface area contributed by atoms with Crippen LogP contribution in [-0.2, 0) is 6.54 Å². The standard InChI is InChI=1S/C22H26N2O/c1-17-7-5-6-10-21(17)22(25)24-15-19-11-20(16-24)14-23(13-19)12-18-8-3-2-4-9-18/h2-10,19-20H,11-16H2,1H3. The van der Waals surface area contributed by atoms with Gasteiger partial charge in [0.15, 0.2) is 0 Å². The summed E-state index contributed by atoms with van der Waals surface area (Å²) in [5.74, 6) is 1.41. The van der Waals surface area contributed by atoms with Crippen molar-refractivity contribution >= 4 is 5.91 Å². The number of likely N-dealkylation sites (tertiary alicyclic amines) is 2. The number of benzene rings is 2. The van der Waals surface area contributed by atoms with Crippen molar-refractivity contribution in [1.82, 2.24) is 9.80 Å². The molecule has 2 atom stereocenters. The zero-order valence-corrected chi connectivity index (χ0v) is 14.9. The average molecular weight is 334 g/mol. The predicted octanol–water partition coefficient (Wildman–Crippen LogP) is 3.59. The molecule has 0 aromatic heterocycles. The van der Waals surface area contributed by atoms with E-state index in [1.165, 1.54) is 12.0 Å². The number of carbonyl (C=O) groups is 1. The first-order chi connectivity index (χ1) is 12.2. The average Bonchev–Trinajstić information content (AvgIpc) is 2.61. The maximum Gasteiger partial charge on any atom is 0.254 e. The minimum atomic E-state index is 0.212. The van der Waals surface area contributed by atoms with Gasteiger partial charge in [-0.05, 0) is 42.4 Å². The molecule has 0 saturated carbocycles. The first kappa shape index (κ1) is 16.3. The van der Waals surface area contributed by atoms with E-state index in [1.807, 2.05) is 31.2 Å². The summed E-state index contributed by atoms with van der Waals surface area (Å²) < 4.78 is 0. The number of carbonyl (C=O) groups excluding carboxylic acids is 1. The number of fused-ring (bicyclic) bond motifs is 2. The summed E-state index contributed by atoms with van der Waals surface area (Å²) in [5.41, 5.74) is 3.33. The fourth-order valence-electron chi connectivity index (χ4n) is 4.51. The van der Waals surface area contributed by atoms with Gasteiger partial charge in [-0.1, -0.05) is 48.5 Å². The minimum Gasteiger partial charge on any atom is -0.338 e. The number of hydrogen-bond acceptors (Lipinski definition) is 2. The van der Waals surface area contributed by atoms with E-state index in [9.17, 15) is 4.79 Å². The van der Waals surface area contributed by atoms with Crippen molar-refractivity contribution in [1.29, 1.82) is 0 Å². The van der Waals surface area contributed by atoms with Crippen LogP contribution in [0, 0.1) is 18.8 Å². The van der Waals surface area contributed by atoms with Crippen LogP contribution in [0.3, 0.4) is 0 Å². The Hall–Kier alpha value is -2.13. The van der Waals surface area contributed by atoms with Crippen molar-refractivity contribution in [3.05, 3.63) is 71.3 Å². The quantitative estimate of drug-likeness (QED) is 0.856. The second-order valence-corrected chi connectivity index (χ2v) is 7.67. The fraction of sp³-hybridized carbons (Fsp3) is 0.409. The molecule has 2 aromatic rings. The normalized spacial score (nSPS) is 23.5. The molecule has 2 aromatic carbocycles. The van der Waals surface area contributed by atoms with Gasteiger partial charge in [0, 0.05) is 38.3 Å². The van der Waals surface area contributed by atoms with Crippen molar-refractivity contribution < 1.29 is 4.79 Å². The monoisotopic (exact) mass is 334 g/mol. The molecule has 4 rings (SSSR count). The molecule has 2 bridgehead atoms. The Bertz CT molecular complexity index is 729. The van der Waals surface area contributed by atoms with E-state index in [2.05, 4.69) is 40.1 Å². The second-order valence-electron chi connectivity index (χ2n) is 7.67. The van der Waals surface area contributed by atoms with E-state index in [0.29, 0.717) is 11.8 Å². The third kappa shape index (κ3) is 3.62. The van der Waals surface area contributed by atoms with Crippen LogP contribution in [0.25, 0.3) is 0 Å². The summed E-state index contributed by atoms with van der Waals surface area (Å²) >= 11 is 0. The molecule has 3 heteroatoms. The summed E-state index contributed by atoms with van der Waals surface area (Å²) in [7, 11) is 0. The van der Waals surface area contributed by atoms with E-state index >= 15 is 0 Å². The molecular formula is C22H26N2O. The summed E-state index contributed by atoms with van der Waals surface area (Å²) in [4.78, 5) is 17.6. The third-order valence-corrected chi connectivity index (χ3v) is 5.57. The highest BCUT2D eigenvalue weighted by Gasteiger charge is 2.36. The Morgan fingerprint density at radius 2 is 1.56 bits per heavy atom. The van der Waals surface area contributed by atoms with Gasteiger partial charge in [-0.2, -0.15) is 0 Å². The molecule has 2 aliphatic heterocycles. The highest BCUT2D eigenvalue weighted by atomic mass is 16.2. The topological polar surface area (TPSA) is 23.6 Å². The van der Waals surface area contributed by atoms with Gasteiger partial charge in [0.25, 0.3) is 5.91 Å². The van der Waals surface area contributed by atoms with Crippen LogP contribution in [0.1, 0.15) is 27.9 Å². The Kier molecular flexibility index (Phi) is 4.58. The van der Waals surface area contributed by atoms with Gasteiger partial charge in [0.2, 0.25) is 0 Å². The molecule has 25 heavy (non-hydrogen) atoms. The van der Waals surface area contributed by atoms with E-state index in [4.69, 9.17) is 0 Å². The Labute approximate surface area is 150 Å². The minimum absolute atomic E-state index is 0.212. The number of nitrogens with zero attached hydrogens (tertiary/aromatic N) is 2. The second kappa shape index (κ2) is 7.01. The Balaban J connectivity index is 1.42. The van der Waals surface area contributed by atoms with Crippen molar-refractivity contribution in [3.63, 3.8) is 0 Å². The molecule has 2 unspecified atom stereocenters. The summed E-state index contributed by atoms with van der Waals surface area (Å²) in [6.07, 6.45) is 1.27. The van der Waals surface area contributed by atoms with Crippen molar-refractivity contribution in [2.24, 2.45) is 11.8 Å². The van der Waals surface area contributed by atoms with Gasteiger partial charge in [0.1, 0.15) is 0 Å². The van der Waals surface area contributed by atoms with Crippen LogP contribution in [0.5, 0.6) is 0 Å². The lowest BCUT2D eigenvalue weighted by molar-refractivity contribution is 0.0238. The number of amides is 1. The molecular weight excluding hydrogens is 308 g/mol. The molecule has 0 aliphatic carbocycles. The molecule has 130 valence electrons. The highest BCUT2D eigenvalue weighted by molar-refractivity contribution is 5.95. The molecule has 0 radical (unpaired) electrons. The third-order valence-electron chi connectivity index (χ3n) is 5.57. The van der Waals surface area contributed by atoms with E-state index in [-0.39, 0.29) is 5.91 Å². The van der Waals surface area contributed by atoms with Gasteiger partial charge in [0.05, 0.1) is 0 Å². The van der Waals surface area contributed by atoms with Crippen LogP contribution >= 0.6 is 0 Å². The Morgan fingerprint density at radius 3 is 2.24 bits per heavy atom. The molecule has 2 saturated heterocycles. The van der Waals surface area contributed by atoms with Gasteiger partial charge in [-0.3, -0.25) is 9.69 Å². The lowest BCUT2D eigenvalue weighted by atomic mass is 9.84. The number of piperidine rings is 2. The smallest absolute Gasteiger partial charge is 0.254 e. The fourth-order valence-corrected chi connectivity index (χ4v) is 4.51. The maximum atomic E-state index is 12.9. The number of hydrogen-bond donors (Lipinski definition) is 0. The van der Waals surface area contributed by atoms with Gasteiger partial charge < -0.3 is 4.90 Å². The lowest BCUT2D eigenvalue weighted by Crippen LogP contribution is -2.53. The van der Waals surface area contributed by atoms with Crippen molar-refractivity contribution in [3.8, 4) is 0 Å². The summed E-state index contributed by atoms with van der Waals surface area (Å²) in [6.45, 7) is 7.05. The Morgan fingerprint density at radius 1 is 0.920 bits per heavy atom. The van der Waals surface area contributed by atoms with Gasteiger partial charge >= 0.3 is 0 Å². The van der Waals surface area contributed by atoms with E-state index in [0.717, 1.165) is 43.9 Å². The summed E-state index contributed by atoms with van der Waals surface area (Å²) in [5, 5.41) is 0. The first-order valence-electron chi connectivity index (χ1n) is 9.30. The largest absolute Gasteiger partial charge is 0.338 e. The van der Waals surface area contributed by atoms with Crippen molar-refractivity contribution in [2.75, 3.05) is 26.2 Å². The SMILES string of the molecule is Cc1ccccc1C(=O)N1CC2CC(CN(Cc3ccccc3)C2)C1. The molecule has 1 amide bonds. The van der Waals surface area contributed by atoms with Gasteiger partial charge in [-0.15, -0.1) is 0 Å². The predicted molar refractivity (Wildman–Crippen MR) is 100 cm³/mol. The zero-order valence-electron chi connectivity index (χ0n) is 14.9. The molecule has 3 nitrogen and oxygen atoms in total. The molecule has 2 aliphatic rings. The van der Waals surface area contributed by atoms with Crippen LogP contribution < -0.4 is 0 Å². The molecule has 0 spiro atoms. The van der Waals surface area contributed by atoms with Crippen LogP contribution in [0.2, 0.25) is 0 Å². The van der Waals surface area contributed by atoms with Crippen LogP contribution in [0.4, 0.5) is 0 Å². The zero-order chi connectivity index (χ0) is 17.2. The summed E-state index contributed by atoms with van der Waals surface area (Å²) in [6, 6.07) is 18.7. The lowest BCUT2D eigenvalue weighted by Gasteiger charge is -2.46. The highest BCUT2D eigenvalue weighted by Crippen LogP contribution is 2.30. The van der Waals surface area contributed by atoms with Crippen LogP contribution in [0.15, 0.2) is 54.6 Å². The first-order valence-corrected chi connectivity index (χ1v) is 9.30. The molecule has 2 fully saturated rings. The van der Waals surface area contributed by atoms with E-state index < -0.39 is 0 Å². The number of rotatable bonds is 3. The molecule has 2 heterocycles.